The van der Waals surface area contributed by atoms with Crippen molar-refractivity contribution in [1.29, 1.82) is 0 Å². The highest BCUT2D eigenvalue weighted by Crippen LogP contribution is 2.22. The Bertz CT molecular complexity index is 580. The smallest absolute Gasteiger partial charge is 0.306 e. The summed E-state index contributed by atoms with van der Waals surface area (Å²) < 4.78 is 0. The molecule has 26 heavy (non-hydrogen) atoms. The second-order valence-electron chi connectivity index (χ2n) is 7.40. The van der Waals surface area contributed by atoms with Gasteiger partial charge in [0.2, 0.25) is 5.91 Å². The Hall–Kier alpha value is -1.59. The lowest BCUT2D eigenvalue weighted by molar-refractivity contribution is -0.143. The predicted molar refractivity (Wildman–Crippen MR) is 103 cm³/mol. The van der Waals surface area contributed by atoms with Gasteiger partial charge in [-0.25, -0.2) is 0 Å². The maximum absolute atomic E-state index is 12.5. The quantitative estimate of drug-likeness (QED) is 0.853. The van der Waals surface area contributed by atoms with Gasteiger partial charge in [-0.2, -0.15) is 0 Å². The van der Waals surface area contributed by atoms with Gasteiger partial charge in [-0.3, -0.25) is 14.5 Å². The Morgan fingerprint density at radius 1 is 0.962 bits per heavy atom. The first-order valence-corrected chi connectivity index (χ1v) is 9.38. The number of aliphatic carboxylic acids is 1. The Labute approximate surface area is 161 Å². The van der Waals surface area contributed by atoms with E-state index >= 15 is 0 Å². The first kappa shape index (κ1) is 20.7. The molecule has 2 fully saturated rings. The molecular formula is C20H29ClN2O3. The minimum atomic E-state index is -0.702. The number of halogens is 1. The normalized spacial score (nSPS) is 19.8. The highest BCUT2D eigenvalue weighted by molar-refractivity contribution is 5.85. The van der Waals surface area contributed by atoms with E-state index in [-0.39, 0.29) is 24.2 Å². The number of carboxylic acids is 1. The molecule has 2 saturated heterocycles. The molecule has 5 nitrogen and oxygen atoms in total. The first-order valence-electron chi connectivity index (χ1n) is 9.38. The van der Waals surface area contributed by atoms with E-state index in [2.05, 4.69) is 29.2 Å². The lowest BCUT2D eigenvalue weighted by Gasteiger charge is -2.35. The van der Waals surface area contributed by atoms with Gasteiger partial charge in [-0.05, 0) is 56.7 Å². The van der Waals surface area contributed by atoms with Gasteiger partial charge < -0.3 is 10.0 Å². The summed E-state index contributed by atoms with van der Waals surface area (Å²) in [5.74, 6) is -0.0729. The molecule has 144 valence electrons. The Morgan fingerprint density at radius 2 is 1.58 bits per heavy atom. The molecule has 1 aromatic rings. The SMILES string of the molecule is Cl.O=C(O)C1CCN(CC(=O)N2CCC(Cc3ccccc3)CC2)CC1. The molecule has 0 atom stereocenters. The molecule has 0 spiro atoms. The van der Waals surface area contributed by atoms with Crippen LogP contribution >= 0.6 is 12.4 Å². The van der Waals surface area contributed by atoms with Gasteiger partial charge in [0.05, 0.1) is 12.5 Å². The van der Waals surface area contributed by atoms with Crippen LogP contribution in [0.4, 0.5) is 0 Å². The van der Waals surface area contributed by atoms with E-state index in [1.54, 1.807) is 0 Å². The minimum absolute atomic E-state index is 0. The summed E-state index contributed by atoms with van der Waals surface area (Å²) in [4.78, 5) is 27.6. The molecular weight excluding hydrogens is 352 g/mol. The van der Waals surface area contributed by atoms with E-state index in [1.165, 1.54) is 5.56 Å². The lowest BCUT2D eigenvalue weighted by atomic mass is 9.90. The second-order valence-corrected chi connectivity index (χ2v) is 7.40. The maximum atomic E-state index is 12.5. The summed E-state index contributed by atoms with van der Waals surface area (Å²) in [6.45, 7) is 3.57. The third kappa shape index (κ3) is 5.71. The molecule has 1 N–H and O–H groups in total. The van der Waals surface area contributed by atoms with E-state index in [4.69, 9.17) is 5.11 Å². The average molecular weight is 381 g/mol. The molecule has 2 aliphatic heterocycles. The summed E-state index contributed by atoms with van der Waals surface area (Å²) in [6.07, 6.45) is 4.55. The van der Waals surface area contributed by atoms with Crippen molar-refractivity contribution in [2.45, 2.75) is 32.1 Å². The predicted octanol–water partition coefficient (Wildman–Crippen LogP) is 2.69. The van der Waals surface area contributed by atoms with Crippen LogP contribution in [0.25, 0.3) is 0 Å². The molecule has 0 unspecified atom stereocenters. The van der Waals surface area contributed by atoms with Crippen molar-refractivity contribution in [3.8, 4) is 0 Å². The number of hydrogen-bond acceptors (Lipinski definition) is 3. The van der Waals surface area contributed by atoms with Gasteiger partial charge in [0, 0.05) is 13.1 Å². The molecule has 0 radical (unpaired) electrons. The van der Waals surface area contributed by atoms with E-state index < -0.39 is 5.97 Å². The van der Waals surface area contributed by atoms with Crippen molar-refractivity contribution in [3.05, 3.63) is 35.9 Å². The summed E-state index contributed by atoms with van der Waals surface area (Å²) in [5, 5.41) is 9.05. The largest absolute Gasteiger partial charge is 0.481 e. The van der Waals surface area contributed by atoms with Crippen LogP contribution in [0, 0.1) is 11.8 Å². The molecule has 2 aliphatic rings. The van der Waals surface area contributed by atoms with Crippen LogP contribution in [0.5, 0.6) is 0 Å². The van der Waals surface area contributed by atoms with Crippen LogP contribution in [0.15, 0.2) is 30.3 Å². The van der Waals surface area contributed by atoms with E-state index in [0.717, 1.165) is 32.4 Å². The fourth-order valence-electron chi connectivity index (χ4n) is 3.96. The van der Waals surface area contributed by atoms with Crippen molar-refractivity contribution in [3.63, 3.8) is 0 Å². The number of likely N-dealkylation sites (tertiary alicyclic amines) is 2. The zero-order chi connectivity index (χ0) is 17.6. The van der Waals surface area contributed by atoms with Gasteiger partial charge >= 0.3 is 5.97 Å². The zero-order valence-corrected chi connectivity index (χ0v) is 16.0. The number of carbonyl (C=O) groups is 2. The number of amides is 1. The fourth-order valence-corrected chi connectivity index (χ4v) is 3.96. The highest BCUT2D eigenvalue weighted by Gasteiger charge is 2.28. The number of carboxylic acid groups (broad SMARTS) is 1. The minimum Gasteiger partial charge on any atom is -0.481 e. The van der Waals surface area contributed by atoms with Crippen LogP contribution in [0.2, 0.25) is 0 Å². The molecule has 0 bridgehead atoms. The maximum Gasteiger partial charge on any atom is 0.306 e. The standard InChI is InChI=1S/C20H28N2O3.ClH/c23-19(15-21-10-8-18(9-11-21)20(24)25)22-12-6-17(7-13-22)14-16-4-2-1-3-5-16;/h1-5,17-18H,6-15H2,(H,24,25);1H. The average Bonchev–Trinajstić information content (AvgIpc) is 2.63. The van der Waals surface area contributed by atoms with E-state index in [1.807, 2.05) is 11.0 Å². The molecule has 0 aromatic heterocycles. The summed E-state index contributed by atoms with van der Waals surface area (Å²) in [6, 6.07) is 10.6. The molecule has 6 heteroatoms. The third-order valence-electron chi connectivity index (χ3n) is 5.63. The van der Waals surface area contributed by atoms with Crippen molar-refractivity contribution in [2.75, 3.05) is 32.7 Å². The van der Waals surface area contributed by atoms with E-state index in [9.17, 15) is 9.59 Å². The molecule has 3 rings (SSSR count). The number of nitrogens with zero attached hydrogens (tertiary/aromatic N) is 2. The van der Waals surface area contributed by atoms with Gasteiger partial charge in [-0.1, -0.05) is 30.3 Å². The molecule has 0 aliphatic carbocycles. The number of carbonyl (C=O) groups excluding carboxylic acids is 1. The van der Waals surface area contributed by atoms with Gasteiger partial charge in [0.1, 0.15) is 0 Å². The van der Waals surface area contributed by atoms with Crippen molar-refractivity contribution >= 4 is 24.3 Å². The Balaban J connectivity index is 0.00000243. The van der Waals surface area contributed by atoms with Crippen molar-refractivity contribution in [2.24, 2.45) is 11.8 Å². The summed E-state index contributed by atoms with van der Waals surface area (Å²) in [7, 11) is 0. The highest BCUT2D eigenvalue weighted by atomic mass is 35.5. The van der Waals surface area contributed by atoms with Crippen molar-refractivity contribution in [1.82, 2.24) is 9.80 Å². The lowest BCUT2D eigenvalue weighted by Crippen LogP contribution is -2.46. The van der Waals surface area contributed by atoms with Crippen LogP contribution in [-0.2, 0) is 16.0 Å². The monoisotopic (exact) mass is 380 g/mol. The van der Waals surface area contributed by atoms with Gasteiger partial charge in [0.15, 0.2) is 0 Å². The van der Waals surface area contributed by atoms with Crippen LogP contribution in [-0.4, -0.2) is 59.5 Å². The van der Waals surface area contributed by atoms with Crippen LogP contribution in [0.1, 0.15) is 31.2 Å². The Kier molecular flexibility index (Phi) is 7.91. The number of rotatable bonds is 5. The zero-order valence-electron chi connectivity index (χ0n) is 15.2. The Morgan fingerprint density at radius 3 is 2.15 bits per heavy atom. The molecule has 2 heterocycles. The summed E-state index contributed by atoms with van der Waals surface area (Å²) >= 11 is 0. The number of piperidine rings is 2. The number of hydrogen-bond donors (Lipinski definition) is 1. The second kappa shape index (κ2) is 9.93. The van der Waals surface area contributed by atoms with Crippen LogP contribution < -0.4 is 0 Å². The van der Waals surface area contributed by atoms with Gasteiger partial charge in [-0.15, -0.1) is 12.4 Å². The molecule has 0 saturated carbocycles. The number of benzene rings is 1. The van der Waals surface area contributed by atoms with Gasteiger partial charge in [0.25, 0.3) is 0 Å². The van der Waals surface area contributed by atoms with E-state index in [0.29, 0.717) is 38.4 Å². The third-order valence-corrected chi connectivity index (χ3v) is 5.63. The molecule has 1 amide bonds. The fraction of sp³-hybridized carbons (Fsp3) is 0.600. The van der Waals surface area contributed by atoms with Crippen LogP contribution in [0.3, 0.4) is 0 Å². The molecule has 1 aromatic carbocycles. The van der Waals surface area contributed by atoms with Crippen molar-refractivity contribution < 1.29 is 14.7 Å². The topological polar surface area (TPSA) is 60.9 Å². The first-order chi connectivity index (χ1) is 12.1. The summed E-state index contributed by atoms with van der Waals surface area (Å²) in [5.41, 5.74) is 1.38.